The quantitative estimate of drug-likeness (QED) is 0.574. The highest BCUT2D eigenvalue weighted by atomic mass is 16.3. The Kier molecular flexibility index (Phi) is 3.10. The van der Waals surface area contributed by atoms with E-state index in [1.165, 1.54) is 6.07 Å². The van der Waals surface area contributed by atoms with Crippen LogP contribution in [0.1, 0.15) is 37.4 Å². The lowest BCUT2D eigenvalue weighted by Gasteiger charge is -2.21. The Hall–Kier alpha value is -3.20. The molecule has 1 N–H and O–H groups in total. The molecule has 1 aliphatic rings. The number of carbonyl (C=O) groups excluding carboxylic acids is 2. The summed E-state index contributed by atoms with van der Waals surface area (Å²) in [5.41, 5.74) is 3.71. The van der Waals surface area contributed by atoms with Crippen LogP contribution in [0.3, 0.4) is 0 Å². The molecular weight excluding hydrogens is 300 g/mol. The summed E-state index contributed by atoms with van der Waals surface area (Å²) in [6.45, 7) is 1.99. The molecule has 0 spiro atoms. The van der Waals surface area contributed by atoms with Crippen LogP contribution in [0.25, 0.3) is 11.1 Å². The van der Waals surface area contributed by atoms with Crippen molar-refractivity contribution in [3.05, 3.63) is 88.5 Å². The highest BCUT2D eigenvalue weighted by molar-refractivity contribution is 6.31. The summed E-state index contributed by atoms with van der Waals surface area (Å²) in [5, 5.41) is 10.2. The number of benzene rings is 3. The van der Waals surface area contributed by atoms with Gasteiger partial charge in [-0.05, 0) is 30.2 Å². The lowest BCUT2D eigenvalue weighted by molar-refractivity contribution is 0.0977. The second-order valence-corrected chi connectivity index (χ2v) is 5.95. The average molecular weight is 314 g/mol. The van der Waals surface area contributed by atoms with Gasteiger partial charge in [0, 0.05) is 16.7 Å². The molecule has 3 nitrogen and oxygen atoms in total. The van der Waals surface area contributed by atoms with Gasteiger partial charge in [-0.3, -0.25) is 9.59 Å². The van der Waals surface area contributed by atoms with Crippen LogP contribution in [0.2, 0.25) is 0 Å². The third-order valence-corrected chi connectivity index (χ3v) is 4.42. The van der Waals surface area contributed by atoms with E-state index in [0.717, 1.165) is 11.1 Å². The number of hydrogen-bond acceptors (Lipinski definition) is 3. The Bertz CT molecular complexity index is 998. The molecule has 0 fully saturated rings. The Morgan fingerprint density at radius 2 is 1.25 bits per heavy atom. The maximum atomic E-state index is 13.0. The van der Waals surface area contributed by atoms with Crippen molar-refractivity contribution in [2.75, 3.05) is 0 Å². The number of fused-ring (bicyclic) bond motifs is 2. The molecule has 0 saturated carbocycles. The van der Waals surface area contributed by atoms with E-state index in [1.54, 1.807) is 30.3 Å². The van der Waals surface area contributed by atoms with E-state index in [-0.39, 0.29) is 28.4 Å². The zero-order valence-electron chi connectivity index (χ0n) is 13.0. The molecular formula is C21H14O3. The molecule has 116 valence electrons. The molecule has 0 heterocycles. The summed E-state index contributed by atoms with van der Waals surface area (Å²) < 4.78 is 0. The fourth-order valence-electron chi connectivity index (χ4n) is 3.18. The summed E-state index contributed by atoms with van der Waals surface area (Å²) in [6, 6.07) is 17.7. The third-order valence-electron chi connectivity index (χ3n) is 4.42. The van der Waals surface area contributed by atoms with Crippen LogP contribution < -0.4 is 0 Å². The van der Waals surface area contributed by atoms with Gasteiger partial charge >= 0.3 is 0 Å². The molecule has 0 radical (unpaired) electrons. The SMILES string of the molecule is Cc1ccc(-c2ccc(O)c3c2C(=O)c2ccccc2C3=O)cc1. The lowest BCUT2D eigenvalue weighted by Crippen LogP contribution is -2.21. The zero-order valence-corrected chi connectivity index (χ0v) is 13.0. The third kappa shape index (κ3) is 1.98. The van der Waals surface area contributed by atoms with Crippen LogP contribution in [0.4, 0.5) is 0 Å². The van der Waals surface area contributed by atoms with E-state index in [1.807, 2.05) is 31.2 Å². The highest BCUT2D eigenvalue weighted by Gasteiger charge is 2.33. The molecule has 24 heavy (non-hydrogen) atoms. The number of rotatable bonds is 1. The van der Waals surface area contributed by atoms with Crippen molar-refractivity contribution in [3.63, 3.8) is 0 Å². The second kappa shape index (κ2) is 5.17. The van der Waals surface area contributed by atoms with Crippen molar-refractivity contribution in [1.82, 2.24) is 0 Å². The monoisotopic (exact) mass is 314 g/mol. The molecule has 1 aliphatic carbocycles. The lowest BCUT2D eigenvalue weighted by atomic mass is 9.80. The van der Waals surface area contributed by atoms with Gasteiger partial charge in [-0.2, -0.15) is 0 Å². The Morgan fingerprint density at radius 1 is 0.667 bits per heavy atom. The first-order valence-electron chi connectivity index (χ1n) is 7.69. The normalized spacial score (nSPS) is 12.7. The number of carbonyl (C=O) groups is 2. The van der Waals surface area contributed by atoms with Crippen LogP contribution in [-0.4, -0.2) is 16.7 Å². The predicted octanol–water partition coefficient (Wildman–Crippen LogP) is 4.14. The maximum Gasteiger partial charge on any atom is 0.198 e. The number of phenols is 1. The van der Waals surface area contributed by atoms with Crippen molar-refractivity contribution in [3.8, 4) is 16.9 Å². The first-order chi connectivity index (χ1) is 11.6. The predicted molar refractivity (Wildman–Crippen MR) is 91.6 cm³/mol. The zero-order chi connectivity index (χ0) is 16.8. The standard InChI is InChI=1S/C21H14O3/c1-12-6-8-13(9-7-12)14-10-11-17(22)19-18(14)20(23)15-4-2-3-5-16(15)21(19)24/h2-11,22H,1H3. The molecule has 0 amide bonds. The van der Waals surface area contributed by atoms with Crippen molar-refractivity contribution in [2.45, 2.75) is 6.92 Å². The van der Waals surface area contributed by atoms with E-state index >= 15 is 0 Å². The van der Waals surface area contributed by atoms with E-state index in [2.05, 4.69) is 0 Å². The molecule has 0 aromatic heterocycles. The van der Waals surface area contributed by atoms with Crippen molar-refractivity contribution in [1.29, 1.82) is 0 Å². The van der Waals surface area contributed by atoms with E-state index in [9.17, 15) is 14.7 Å². The molecule has 0 atom stereocenters. The number of ketones is 2. The number of aromatic hydroxyl groups is 1. The minimum absolute atomic E-state index is 0.0942. The van der Waals surface area contributed by atoms with Crippen LogP contribution in [-0.2, 0) is 0 Å². The van der Waals surface area contributed by atoms with Gasteiger partial charge in [-0.15, -0.1) is 0 Å². The van der Waals surface area contributed by atoms with Crippen molar-refractivity contribution >= 4 is 11.6 Å². The Morgan fingerprint density at radius 3 is 1.88 bits per heavy atom. The molecule has 3 aromatic rings. The summed E-state index contributed by atoms with van der Waals surface area (Å²) in [6.07, 6.45) is 0. The molecule has 0 saturated heterocycles. The molecule has 0 unspecified atom stereocenters. The van der Waals surface area contributed by atoms with Gasteiger partial charge in [0.25, 0.3) is 0 Å². The molecule has 3 aromatic carbocycles. The van der Waals surface area contributed by atoms with Gasteiger partial charge in [0.05, 0.1) is 5.56 Å². The van der Waals surface area contributed by atoms with Gasteiger partial charge in [0.1, 0.15) is 5.75 Å². The fourth-order valence-corrected chi connectivity index (χ4v) is 3.18. The fraction of sp³-hybridized carbons (Fsp3) is 0.0476. The van der Waals surface area contributed by atoms with Crippen molar-refractivity contribution < 1.29 is 14.7 Å². The van der Waals surface area contributed by atoms with Crippen LogP contribution in [0, 0.1) is 6.92 Å². The van der Waals surface area contributed by atoms with Crippen LogP contribution in [0.15, 0.2) is 60.7 Å². The minimum Gasteiger partial charge on any atom is -0.507 e. The smallest absolute Gasteiger partial charge is 0.198 e. The van der Waals surface area contributed by atoms with Crippen LogP contribution in [0.5, 0.6) is 5.75 Å². The van der Waals surface area contributed by atoms with E-state index < -0.39 is 0 Å². The summed E-state index contributed by atoms with van der Waals surface area (Å²) in [5.74, 6) is -0.702. The number of aryl methyl sites for hydroxylation is 1. The summed E-state index contributed by atoms with van der Waals surface area (Å²) >= 11 is 0. The van der Waals surface area contributed by atoms with Crippen molar-refractivity contribution in [2.24, 2.45) is 0 Å². The van der Waals surface area contributed by atoms with Gasteiger partial charge in [-0.25, -0.2) is 0 Å². The van der Waals surface area contributed by atoms with Gasteiger partial charge in [-0.1, -0.05) is 54.1 Å². The number of hydrogen-bond donors (Lipinski definition) is 1. The molecule has 0 bridgehead atoms. The molecule has 4 rings (SSSR count). The van der Waals surface area contributed by atoms with Gasteiger partial charge in [0.2, 0.25) is 0 Å². The van der Waals surface area contributed by atoms with Crippen LogP contribution >= 0.6 is 0 Å². The summed E-state index contributed by atoms with van der Waals surface area (Å²) in [7, 11) is 0. The van der Waals surface area contributed by atoms with E-state index in [0.29, 0.717) is 16.7 Å². The van der Waals surface area contributed by atoms with Gasteiger partial charge < -0.3 is 5.11 Å². The van der Waals surface area contributed by atoms with Gasteiger partial charge in [0.15, 0.2) is 11.6 Å². The largest absolute Gasteiger partial charge is 0.507 e. The number of phenolic OH excluding ortho intramolecular Hbond substituents is 1. The first kappa shape index (κ1) is 14.4. The Labute approximate surface area is 139 Å². The topological polar surface area (TPSA) is 54.4 Å². The summed E-state index contributed by atoms with van der Waals surface area (Å²) in [4.78, 5) is 25.8. The first-order valence-corrected chi connectivity index (χ1v) is 7.69. The minimum atomic E-state index is -0.313. The molecule has 0 aliphatic heterocycles. The van der Waals surface area contributed by atoms with E-state index in [4.69, 9.17) is 0 Å². The second-order valence-electron chi connectivity index (χ2n) is 5.95. The average Bonchev–Trinajstić information content (AvgIpc) is 2.60. The maximum absolute atomic E-state index is 13.0. The molecule has 3 heteroatoms. The highest BCUT2D eigenvalue weighted by Crippen LogP contribution is 2.38. The Balaban J connectivity index is 2.03.